The highest BCUT2D eigenvalue weighted by atomic mass is 79.9. The van der Waals surface area contributed by atoms with Gasteiger partial charge in [0.2, 0.25) is 5.91 Å². The molecule has 0 aliphatic rings. The number of amides is 2. The summed E-state index contributed by atoms with van der Waals surface area (Å²) in [6.07, 6.45) is 1.25. The second-order valence-electron chi connectivity index (χ2n) is 8.63. The summed E-state index contributed by atoms with van der Waals surface area (Å²) < 4.78 is 10.7. The maximum Gasteiger partial charge on any atom is 0.408 e. The van der Waals surface area contributed by atoms with Gasteiger partial charge in [-0.1, -0.05) is 94.8 Å². The van der Waals surface area contributed by atoms with Crippen LogP contribution in [-0.4, -0.2) is 40.4 Å². The molecule has 0 bridgehead atoms. The number of nitrogens with one attached hydrogen (secondary N) is 3. The molecule has 0 saturated heterocycles. The fraction of sp³-hybridized carbons (Fsp3) is 0.207. The van der Waals surface area contributed by atoms with Gasteiger partial charge in [-0.05, 0) is 22.8 Å². The highest BCUT2D eigenvalue weighted by Gasteiger charge is 2.28. The molecule has 0 aliphatic carbocycles. The Morgan fingerprint density at radius 2 is 1.37 bits per heavy atom. The Balaban J connectivity index is 1.44. The zero-order valence-corrected chi connectivity index (χ0v) is 22.1. The maximum absolute atomic E-state index is 13.3. The lowest BCUT2D eigenvalue weighted by molar-refractivity contribution is -0.148. The first-order valence-corrected chi connectivity index (χ1v) is 13.2. The summed E-state index contributed by atoms with van der Waals surface area (Å²) in [6.45, 7) is 0.145. The first-order valence-electron chi connectivity index (χ1n) is 12.1. The normalized spacial score (nSPS) is 12.3. The van der Waals surface area contributed by atoms with E-state index in [2.05, 4.69) is 31.5 Å². The third-order valence-corrected chi connectivity index (χ3v) is 6.55. The lowest BCUT2D eigenvalue weighted by atomic mass is 10.0. The van der Waals surface area contributed by atoms with Crippen molar-refractivity contribution in [2.45, 2.75) is 31.7 Å². The van der Waals surface area contributed by atoms with Crippen LogP contribution in [0.1, 0.15) is 16.7 Å². The third-order valence-electron chi connectivity index (χ3n) is 5.90. The first-order chi connectivity index (χ1) is 18.5. The summed E-state index contributed by atoms with van der Waals surface area (Å²) in [5, 5.41) is 6.44. The number of alkyl carbamates (subject to hydrolysis) is 1. The number of alkyl halides is 1. The van der Waals surface area contributed by atoms with Gasteiger partial charge < -0.3 is 25.1 Å². The van der Waals surface area contributed by atoms with Crippen LogP contribution < -0.4 is 10.6 Å². The Labute approximate surface area is 228 Å². The summed E-state index contributed by atoms with van der Waals surface area (Å²) in [4.78, 5) is 41.9. The average molecular weight is 578 g/mol. The zero-order valence-electron chi connectivity index (χ0n) is 20.6. The van der Waals surface area contributed by atoms with Gasteiger partial charge in [-0.15, -0.1) is 0 Å². The van der Waals surface area contributed by atoms with E-state index >= 15 is 0 Å². The monoisotopic (exact) mass is 577 g/mol. The number of aromatic amines is 1. The molecule has 4 rings (SSSR count). The van der Waals surface area contributed by atoms with Crippen LogP contribution >= 0.6 is 15.9 Å². The summed E-state index contributed by atoms with van der Waals surface area (Å²) in [7, 11) is 0. The molecule has 3 N–H and O–H groups in total. The van der Waals surface area contributed by atoms with Gasteiger partial charge in [0.1, 0.15) is 25.3 Å². The number of ether oxygens (including phenoxy) is 2. The number of para-hydroxylation sites is 1. The summed E-state index contributed by atoms with van der Waals surface area (Å²) in [5.41, 5.74) is 3.41. The molecular formula is C29H28BrN3O5. The number of halogens is 1. The first kappa shape index (κ1) is 26.9. The molecule has 2 amide bonds. The number of esters is 1. The molecule has 0 spiro atoms. The number of hydrogen-bond donors (Lipinski definition) is 3. The quantitative estimate of drug-likeness (QED) is 0.178. The van der Waals surface area contributed by atoms with Crippen LogP contribution in [0, 0.1) is 0 Å². The molecule has 0 fully saturated rings. The van der Waals surface area contributed by atoms with Crippen molar-refractivity contribution in [3.63, 3.8) is 0 Å². The van der Waals surface area contributed by atoms with E-state index in [1.165, 1.54) is 0 Å². The van der Waals surface area contributed by atoms with Gasteiger partial charge in [-0.2, -0.15) is 0 Å². The molecule has 0 unspecified atom stereocenters. The molecule has 1 heterocycles. The molecule has 38 heavy (non-hydrogen) atoms. The summed E-state index contributed by atoms with van der Waals surface area (Å²) in [6, 6.07) is 24.2. The SMILES string of the molecule is O=C(N[C@@H](Cc1c[nH]c2ccccc12)C(=O)N[C@@H](CBr)C(=O)OCc1ccccc1)OCc1ccccc1. The van der Waals surface area contributed by atoms with Crippen molar-refractivity contribution in [1.29, 1.82) is 0 Å². The minimum absolute atomic E-state index is 0.0595. The standard InChI is InChI=1S/C29H28BrN3O5/c30-16-26(28(35)37-18-20-9-3-1-4-10-20)32-27(34)25(15-22-17-31-24-14-8-7-13-23(22)24)33-29(36)38-19-21-11-5-2-6-12-21/h1-14,17,25-26,31H,15-16,18-19H2,(H,32,34)(H,33,36)/t25-,26-/m0/s1. The highest BCUT2D eigenvalue weighted by molar-refractivity contribution is 9.09. The molecule has 3 aromatic carbocycles. The Morgan fingerprint density at radius 3 is 2.03 bits per heavy atom. The van der Waals surface area contributed by atoms with E-state index < -0.39 is 30.1 Å². The van der Waals surface area contributed by atoms with Gasteiger partial charge >= 0.3 is 12.1 Å². The minimum Gasteiger partial charge on any atom is -0.459 e. The van der Waals surface area contributed by atoms with Gasteiger partial charge in [0, 0.05) is 28.9 Å². The van der Waals surface area contributed by atoms with E-state index in [4.69, 9.17) is 9.47 Å². The maximum atomic E-state index is 13.3. The van der Waals surface area contributed by atoms with Crippen LogP contribution in [0.4, 0.5) is 4.79 Å². The van der Waals surface area contributed by atoms with Gasteiger partial charge in [0.25, 0.3) is 0 Å². The average Bonchev–Trinajstić information content (AvgIpc) is 3.37. The largest absolute Gasteiger partial charge is 0.459 e. The molecule has 0 saturated carbocycles. The minimum atomic E-state index is -0.999. The van der Waals surface area contributed by atoms with E-state index in [1.807, 2.05) is 84.9 Å². The predicted molar refractivity (Wildman–Crippen MR) is 148 cm³/mol. The Hall–Kier alpha value is -4.11. The number of carbonyl (C=O) groups excluding carboxylic acids is 3. The molecule has 196 valence electrons. The lowest BCUT2D eigenvalue weighted by Gasteiger charge is -2.21. The van der Waals surface area contributed by atoms with Crippen LogP contribution in [0.2, 0.25) is 0 Å². The molecule has 0 aliphatic heterocycles. The number of rotatable bonds is 11. The van der Waals surface area contributed by atoms with E-state index in [0.717, 1.165) is 27.6 Å². The Morgan fingerprint density at radius 1 is 0.763 bits per heavy atom. The number of benzene rings is 3. The van der Waals surface area contributed by atoms with Crippen molar-refractivity contribution in [2.75, 3.05) is 5.33 Å². The van der Waals surface area contributed by atoms with Crippen molar-refractivity contribution in [3.05, 3.63) is 108 Å². The van der Waals surface area contributed by atoms with Gasteiger partial charge in [-0.3, -0.25) is 4.79 Å². The van der Waals surface area contributed by atoms with E-state index in [0.29, 0.717) is 0 Å². The van der Waals surface area contributed by atoms with Crippen LogP contribution in [0.3, 0.4) is 0 Å². The van der Waals surface area contributed by atoms with Crippen molar-refractivity contribution in [3.8, 4) is 0 Å². The van der Waals surface area contributed by atoms with Crippen molar-refractivity contribution < 1.29 is 23.9 Å². The smallest absolute Gasteiger partial charge is 0.408 e. The molecular weight excluding hydrogens is 550 g/mol. The van der Waals surface area contributed by atoms with Crippen molar-refractivity contribution in [2.24, 2.45) is 0 Å². The number of hydrogen-bond acceptors (Lipinski definition) is 5. The Bertz CT molecular complexity index is 1360. The number of aromatic nitrogens is 1. The topological polar surface area (TPSA) is 110 Å². The van der Waals surface area contributed by atoms with E-state index in [-0.39, 0.29) is 25.0 Å². The predicted octanol–water partition coefficient (Wildman–Crippen LogP) is 4.63. The second kappa shape index (κ2) is 13.4. The summed E-state index contributed by atoms with van der Waals surface area (Å²) in [5.74, 6) is -1.12. The zero-order chi connectivity index (χ0) is 26.7. The van der Waals surface area contributed by atoms with Crippen LogP contribution in [0.5, 0.6) is 0 Å². The number of fused-ring (bicyclic) bond motifs is 1. The fourth-order valence-electron chi connectivity index (χ4n) is 3.90. The molecule has 0 radical (unpaired) electrons. The van der Waals surface area contributed by atoms with Crippen molar-refractivity contribution >= 4 is 44.8 Å². The van der Waals surface area contributed by atoms with Gasteiger partial charge in [0.05, 0.1) is 0 Å². The summed E-state index contributed by atoms with van der Waals surface area (Å²) >= 11 is 3.28. The highest BCUT2D eigenvalue weighted by Crippen LogP contribution is 2.19. The lowest BCUT2D eigenvalue weighted by Crippen LogP contribution is -2.53. The Kier molecular flexibility index (Phi) is 9.53. The van der Waals surface area contributed by atoms with Crippen LogP contribution in [-0.2, 0) is 38.7 Å². The van der Waals surface area contributed by atoms with Crippen LogP contribution in [0.25, 0.3) is 10.9 Å². The molecule has 9 heteroatoms. The van der Waals surface area contributed by atoms with E-state index in [9.17, 15) is 14.4 Å². The van der Waals surface area contributed by atoms with Crippen LogP contribution in [0.15, 0.2) is 91.1 Å². The molecule has 1 aromatic heterocycles. The fourth-order valence-corrected chi connectivity index (χ4v) is 4.33. The molecule has 4 aromatic rings. The number of H-pyrrole nitrogens is 1. The molecule has 8 nitrogen and oxygen atoms in total. The third kappa shape index (κ3) is 7.45. The van der Waals surface area contributed by atoms with E-state index in [1.54, 1.807) is 6.20 Å². The second-order valence-corrected chi connectivity index (χ2v) is 9.28. The number of carbonyl (C=O) groups is 3. The van der Waals surface area contributed by atoms with Gasteiger partial charge in [0.15, 0.2) is 0 Å². The van der Waals surface area contributed by atoms with Crippen molar-refractivity contribution in [1.82, 2.24) is 15.6 Å². The van der Waals surface area contributed by atoms with Gasteiger partial charge in [-0.25, -0.2) is 9.59 Å². The molecule has 2 atom stereocenters.